The molecule has 0 atom stereocenters. The molecule has 0 unspecified atom stereocenters. The second kappa shape index (κ2) is 7.24. The van der Waals surface area contributed by atoms with Crippen molar-refractivity contribution in [1.29, 1.82) is 0 Å². The summed E-state index contributed by atoms with van der Waals surface area (Å²) in [6.45, 7) is 2.94. The second-order valence-corrected chi connectivity index (χ2v) is 5.78. The minimum absolute atomic E-state index is 0.573. The highest BCUT2D eigenvalue weighted by molar-refractivity contribution is 9.10. The van der Waals surface area contributed by atoms with E-state index in [0.29, 0.717) is 5.95 Å². The molecular formula is C18H17BrN4. The molecule has 1 N–H and O–H groups in total. The van der Waals surface area contributed by atoms with E-state index in [-0.39, 0.29) is 0 Å². The molecule has 0 spiro atoms. The van der Waals surface area contributed by atoms with Crippen LogP contribution in [0.25, 0.3) is 0 Å². The highest BCUT2D eigenvalue weighted by atomic mass is 79.9. The predicted molar refractivity (Wildman–Crippen MR) is 98.6 cm³/mol. The molecule has 0 fully saturated rings. The zero-order valence-corrected chi connectivity index (χ0v) is 14.4. The van der Waals surface area contributed by atoms with E-state index in [0.717, 1.165) is 28.2 Å². The van der Waals surface area contributed by atoms with Gasteiger partial charge in [0.2, 0.25) is 5.95 Å². The molecule has 3 aromatic rings. The van der Waals surface area contributed by atoms with Crippen LogP contribution in [0, 0.1) is 0 Å². The summed E-state index contributed by atoms with van der Waals surface area (Å²) >= 11 is 3.52. The van der Waals surface area contributed by atoms with Crippen LogP contribution < -0.4 is 10.2 Å². The summed E-state index contributed by atoms with van der Waals surface area (Å²) in [5.74, 6) is 1.44. The summed E-state index contributed by atoms with van der Waals surface area (Å²) in [5, 5.41) is 3.25. The number of nitrogens with zero attached hydrogens (tertiary/aromatic N) is 3. The van der Waals surface area contributed by atoms with E-state index in [9.17, 15) is 0 Å². The Morgan fingerprint density at radius 1 is 1.00 bits per heavy atom. The van der Waals surface area contributed by atoms with Crippen LogP contribution in [0.4, 0.5) is 23.1 Å². The molecule has 0 bridgehead atoms. The maximum Gasteiger partial charge on any atom is 0.229 e. The first kappa shape index (κ1) is 15.5. The first-order valence-corrected chi connectivity index (χ1v) is 8.24. The van der Waals surface area contributed by atoms with Crippen molar-refractivity contribution in [2.75, 3.05) is 16.8 Å². The van der Waals surface area contributed by atoms with Gasteiger partial charge in [0.15, 0.2) is 0 Å². The van der Waals surface area contributed by atoms with Crippen molar-refractivity contribution in [1.82, 2.24) is 9.97 Å². The van der Waals surface area contributed by atoms with Crippen molar-refractivity contribution in [2.24, 2.45) is 0 Å². The predicted octanol–water partition coefficient (Wildman–Crippen LogP) is 5.14. The number of hydrogen-bond donors (Lipinski definition) is 1. The lowest BCUT2D eigenvalue weighted by Crippen LogP contribution is -2.17. The number of anilines is 4. The van der Waals surface area contributed by atoms with Gasteiger partial charge in [-0.1, -0.05) is 30.3 Å². The third kappa shape index (κ3) is 3.68. The number of rotatable bonds is 5. The van der Waals surface area contributed by atoms with Crippen molar-refractivity contribution in [3.63, 3.8) is 0 Å². The molecule has 3 rings (SSSR count). The number of nitrogens with one attached hydrogen (secondary N) is 1. The van der Waals surface area contributed by atoms with Crippen molar-refractivity contribution >= 4 is 39.1 Å². The van der Waals surface area contributed by atoms with Gasteiger partial charge >= 0.3 is 0 Å². The van der Waals surface area contributed by atoms with Gasteiger partial charge in [0.25, 0.3) is 0 Å². The van der Waals surface area contributed by atoms with Crippen LogP contribution in [0.2, 0.25) is 0 Å². The van der Waals surface area contributed by atoms with Gasteiger partial charge in [-0.15, -0.1) is 0 Å². The number of benzene rings is 2. The normalized spacial score (nSPS) is 10.3. The highest BCUT2D eigenvalue weighted by Gasteiger charge is 2.10. The highest BCUT2D eigenvalue weighted by Crippen LogP contribution is 2.26. The Morgan fingerprint density at radius 2 is 1.74 bits per heavy atom. The molecule has 0 amide bonds. The first-order valence-electron chi connectivity index (χ1n) is 7.45. The zero-order chi connectivity index (χ0) is 16.1. The quantitative estimate of drug-likeness (QED) is 0.676. The van der Waals surface area contributed by atoms with Crippen molar-refractivity contribution in [3.8, 4) is 0 Å². The van der Waals surface area contributed by atoms with Gasteiger partial charge in [-0.05, 0) is 53.2 Å². The third-order valence-corrected chi connectivity index (χ3v) is 4.11. The molecule has 1 aromatic heterocycles. The lowest BCUT2D eigenvalue weighted by atomic mass is 10.3. The van der Waals surface area contributed by atoms with Crippen LogP contribution in [-0.4, -0.2) is 16.5 Å². The van der Waals surface area contributed by atoms with E-state index in [1.807, 2.05) is 48.5 Å². The number of para-hydroxylation sites is 2. The van der Waals surface area contributed by atoms with Gasteiger partial charge in [0.1, 0.15) is 5.82 Å². The Hall–Kier alpha value is -2.40. The summed E-state index contributed by atoms with van der Waals surface area (Å²) in [6, 6.07) is 20.0. The lowest BCUT2D eigenvalue weighted by Gasteiger charge is -2.22. The smallest absolute Gasteiger partial charge is 0.229 e. The maximum atomic E-state index is 4.64. The standard InChI is InChI=1S/C18H17BrN4/c1-2-23(14-8-4-3-5-9-14)17-12-13-20-18(22-17)21-16-11-7-6-10-15(16)19/h3-13H,2H2,1H3,(H,20,21,22). The molecule has 23 heavy (non-hydrogen) atoms. The number of halogens is 1. The van der Waals surface area contributed by atoms with E-state index in [2.05, 4.69) is 55.2 Å². The topological polar surface area (TPSA) is 41.1 Å². The summed E-state index contributed by atoms with van der Waals surface area (Å²) in [5.41, 5.74) is 2.05. The Morgan fingerprint density at radius 3 is 2.48 bits per heavy atom. The van der Waals surface area contributed by atoms with Crippen LogP contribution in [-0.2, 0) is 0 Å². The largest absolute Gasteiger partial charge is 0.327 e. The van der Waals surface area contributed by atoms with Gasteiger partial charge in [-0.25, -0.2) is 4.98 Å². The van der Waals surface area contributed by atoms with Gasteiger partial charge < -0.3 is 10.2 Å². The van der Waals surface area contributed by atoms with Crippen molar-refractivity contribution in [3.05, 3.63) is 71.3 Å². The van der Waals surface area contributed by atoms with Gasteiger partial charge in [0, 0.05) is 22.9 Å². The molecule has 0 aliphatic heterocycles. The van der Waals surface area contributed by atoms with E-state index >= 15 is 0 Å². The fourth-order valence-corrected chi connectivity index (χ4v) is 2.71. The monoisotopic (exact) mass is 368 g/mol. The summed E-state index contributed by atoms with van der Waals surface area (Å²) in [6.07, 6.45) is 1.77. The molecule has 116 valence electrons. The van der Waals surface area contributed by atoms with Crippen LogP contribution in [0.1, 0.15) is 6.92 Å². The minimum atomic E-state index is 0.573. The van der Waals surface area contributed by atoms with Crippen molar-refractivity contribution in [2.45, 2.75) is 6.92 Å². The SMILES string of the molecule is CCN(c1ccccc1)c1ccnc(Nc2ccccc2Br)n1. The fourth-order valence-electron chi connectivity index (χ4n) is 2.33. The molecule has 0 saturated heterocycles. The van der Waals surface area contributed by atoms with E-state index in [1.54, 1.807) is 6.20 Å². The molecule has 0 aliphatic carbocycles. The van der Waals surface area contributed by atoms with Gasteiger partial charge in [0.05, 0.1) is 5.69 Å². The van der Waals surface area contributed by atoms with Crippen molar-refractivity contribution < 1.29 is 0 Å². The lowest BCUT2D eigenvalue weighted by molar-refractivity contribution is 0.979. The third-order valence-electron chi connectivity index (χ3n) is 3.42. The minimum Gasteiger partial charge on any atom is -0.327 e. The Kier molecular flexibility index (Phi) is 4.88. The summed E-state index contributed by atoms with van der Waals surface area (Å²) in [4.78, 5) is 11.1. The molecule has 1 heterocycles. The van der Waals surface area contributed by atoms with E-state index in [4.69, 9.17) is 0 Å². The summed E-state index contributed by atoms with van der Waals surface area (Å²) in [7, 11) is 0. The summed E-state index contributed by atoms with van der Waals surface area (Å²) < 4.78 is 0.976. The Bertz CT molecular complexity index is 777. The van der Waals surface area contributed by atoms with Crippen LogP contribution in [0.3, 0.4) is 0 Å². The van der Waals surface area contributed by atoms with Crippen LogP contribution in [0.15, 0.2) is 71.3 Å². The zero-order valence-electron chi connectivity index (χ0n) is 12.8. The average molecular weight is 369 g/mol. The van der Waals surface area contributed by atoms with Crippen LogP contribution >= 0.6 is 15.9 Å². The van der Waals surface area contributed by atoms with Gasteiger partial charge in [-0.3, -0.25) is 0 Å². The number of aromatic nitrogens is 2. The first-order chi connectivity index (χ1) is 11.3. The maximum absolute atomic E-state index is 4.64. The molecule has 5 heteroatoms. The number of hydrogen-bond acceptors (Lipinski definition) is 4. The fraction of sp³-hybridized carbons (Fsp3) is 0.111. The average Bonchev–Trinajstić information content (AvgIpc) is 2.59. The van der Waals surface area contributed by atoms with Crippen LogP contribution in [0.5, 0.6) is 0 Å². The molecule has 0 aliphatic rings. The molecular weight excluding hydrogens is 352 g/mol. The second-order valence-electron chi connectivity index (χ2n) is 4.92. The Balaban J connectivity index is 1.89. The molecule has 0 radical (unpaired) electrons. The van der Waals surface area contributed by atoms with Gasteiger partial charge in [-0.2, -0.15) is 4.98 Å². The molecule has 2 aromatic carbocycles. The molecule has 4 nitrogen and oxygen atoms in total. The van der Waals surface area contributed by atoms with E-state index in [1.165, 1.54) is 0 Å². The molecule has 0 saturated carbocycles. The Labute approximate surface area is 144 Å². The van der Waals surface area contributed by atoms with E-state index < -0.39 is 0 Å².